The smallest absolute Gasteiger partial charge is 0.360 e. The van der Waals surface area contributed by atoms with Crippen LogP contribution in [0.4, 0.5) is 0 Å². The molecule has 88 valence electrons. The molecule has 6 heteroatoms. The van der Waals surface area contributed by atoms with Gasteiger partial charge >= 0.3 is 13.6 Å². The SMILES string of the molecule is C=C(COC(C)=O)P(=O)(OCC)OCC. The number of ether oxygens (including phenoxy) is 1. The van der Waals surface area contributed by atoms with Crippen molar-refractivity contribution in [3.63, 3.8) is 0 Å². The second-order valence-corrected chi connectivity index (χ2v) is 4.82. The zero-order valence-electron chi connectivity index (χ0n) is 9.32. The molecule has 0 aromatic heterocycles. The standard InChI is InChI=1S/C9H17O5P/c1-5-13-15(11,14-6-2)8(3)7-12-9(4)10/h3,5-7H2,1-2,4H3. The second kappa shape index (κ2) is 6.77. The van der Waals surface area contributed by atoms with Crippen molar-refractivity contribution in [3.8, 4) is 0 Å². The van der Waals surface area contributed by atoms with E-state index in [1.165, 1.54) is 6.92 Å². The highest BCUT2D eigenvalue weighted by atomic mass is 31.2. The maximum absolute atomic E-state index is 12.0. The molecular weight excluding hydrogens is 219 g/mol. The first-order valence-electron chi connectivity index (χ1n) is 4.67. The van der Waals surface area contributed by atoms with Crippen molar-refractivity contribution < 1.29 is 23.1 Å². The molecule has 0 aromatic carbocycles. The lowest BCUT2D eigenvalue weighted by Gasteiger charge is -2.18. The van der Waals surface area contributed by atoms with Gasteiger partial charge in [-0.3, -0.25) is 9.36 Å². The first kappa shape index (κ1) is 14.4. The molecule has 15 heavy (non-hydrogen) atoms. The molecule has 0 heterocycles. The molecule has 5 nitrogen and oxygen atoms in total. The summed E-state index contributed by atoms with van der Waals surface area (Å²) in [5, 5.41) is 0.154. The molecule has 0 bridgehead atoms. The summed E-state index contributed by atoms with van der Waals surface area (Å²) < 4.78 is 26.7. The highest BCUT2D eigenvalue weighted by molar-refractivity contribution is 7.58. The van der Waals surface area contributed by atoms with E-state index in [2.05, 4.69) is 11.3 Å². The number of hydrogen-bond acceptors (Lipinski definition) is 5. The fourth-order valence-corrected chi connectivity index (χ4v) is 2.17. The van der Waals surface area contributed by atoms with Crippen molar-refractivity contribution in [2.45, 2.75) is 20.8 Å². The largest absolute Gasteiger partial charge is 0.461 e. The summed E-state index contributed by atoms with van der Waals surface area (Å²) in [6.45, 7) is 8.55. The maximum atomic E-state index is 12.0. The Morgan fingerprint density at radius 1 is 1.27 bits per heavy atom. The van der Waals surface area contributed by atoms with Crippen LogP contribution in [0.3, 0.4) is 0 Å². The lowest BCUT2D eigenvalue weighted by Crippen LogP contribution is -2.06. The van der Waals surface area contributed by atoms with E-state index >= 15 is 0 Å². The summed E-state index contributed by atoms with van der Waals surface area (Å²) in [6, 6.07) is 0. The Bertz CT molecular complexity index is 264. The van der Waals surface area contributed by atoms with Crippen molar-refractivity contribution >= 4 is 13.6 Å². The Kier molecular flexibility index (Phi) is 6.48. The number of hydrogen-bond donors (Lipinski definition) is 0. The van der Waals surface area contributed by atoms with Crippen molar-refractivity contribution in [2.75, 3.05) is 19.8 Å². The van der Waals surface area contributed by atoms with E-state index in [0.29, 0.717) is 0 Å². The molecule has 0 aromatic rings. The van der Waals surface area contributed by atoms with Crippen LogP contribution in [-0.2, 0) is 23.1 Å². The van der Waals surface area contributed by atoms with Crippen molar-refractivity contribution in [1.29, 1.82) is 0 Å². The van der Waals surface area contributed by atoms with Gasteiger partial charge in [-0.1, -0.05) is 6.58 Å². The van der Waals surface area contributed by atoms with Gasteiger partial charge in [0.05, 0.1) is 18.5 Å². The Hall–Kier alpha value is -0.640. The molecule has 0 saturated heterocycles. The minimum Gasteiger partial charge on any atom is -0.461 e. The highest BCUT2D eigenvalue weighted by Crippen LogP contribution is 2.55. The maximum Gasteiger partial charge on any atom is 0.360 e. The van der Waals surface area contributed by atoms with E-state index in [0.717, 1.165) is 0 Å². The Morgan fingerprint density at radius 3 is 2.07 bits per heavy atom. The lowest BCUT2D eigenvalue weighted by molar-refractivity contribution is -0.139. The normalized spacial score (nSPS) is 11.1. The molecular formula is C9H17O5P. The summed E-state index contributed by atoms with van der Waals surface area (Å²) >= 11 is 0. The molecule has 0 saturated carbocycles. The molecule has 0 fully saturated rings. The van der Waals surface area contributed by atoms with Gasteiger partial charge in [0.25, 0.3) is 0 Å². The van der Waals surface area contributed by atoms with E-state index in [4.69, 9.17) is 9.05 Å². The predicted octanol–water partition coefficient (Wildman–Crippen LogP) is 2.33. The Labute approximate surface area is 89.9 Å². The monoisotopic (exact) mass is 236 g/mol. The molecule has 0 radical (unpaired) electrons. The number of carbonyl (C=O) groups excluding carboxylic acids is 1. The topological polar surface area (TPSA) is 61.8 Å². The highest BCUT2D eigenvalue weighted by Gasteiger charge is 2.28. The summed E-state index contributed by atoms with van der Waals surface area (Å²) in [4.78, 5) is 10.6. The van der Waals surface area contributed by atoms with Crippen molar-refractivity contribution in [3.05, 3.63) is 11.9 Å². The van der Waals surface area contributed by atoms with Crippen LogP contribution in [0, 0.1) is 0 Å². The van der Waals surface area contributed by atoms with Gasteiger partial charge in [-0.15, -0.1) is 0 Å². The molecule has 0 aliphatic carbocycles. The Morgan fingerprint density at radius 2 is 1.73 bits per heavy atom. The fraction of sp³-hybridized carbons (Fsp3) is 0.667. The second-order valence-electron chi connectivity index (χ2n) is 2.68. The number of esters is 1. The number of rotatable bonds is 7. The lowest BCUT2D eigenvalue weighted by atomic mass is 10.7. The molecule has 0 spiro atoms. The zero-order valence-corrected chi connectivity index (χ0v) is 10.2. The van der Waals surface area contributed by atoms with Gasteiger partial charge in [-0.05, 0) is 13.8 Å². The molecule has 0 aliphatic heterocycles. The van der Waals surface area contributed by atoms with E-state index in [-0.39, 0.29) is 25.1 Å². The van der Waals surface area contributed by atoms with Gasteiger partial charge in [0.2, 0.25) is 0 Å². The molecule has 0 amide bonds. The predicted molar refractivity (Wildman–Crippen MR) is 56.6 cm³/mol. The van der Waals surface area contributed by atoms with Gasteiger partial charge in [0.15, 0.2) is 0 Å². The van der Waals surface area contributed by atoms with Crippen LogP contribution in [0.5, 0.6) is 0 Å². The minimum absolute atomic E-state index is 0.146. The van der Waals surface area contributed by atoms with Crippen LogP contribution in [0.25, 0.3) is 0 Å². The fourth-order valence-electron chi connectivity index (χ4n) is 0.824. The van der Waals surface area contributed by atoms with Crippen LogP contribution < -0.4 is 0 Å². The van der Waals surface area contributed by atoms with Crippen LogP contribution >= 0.6 is 7.60 Å². The first-order valence-corrected chi connectivity index (χ1v) is 6.21. The molecule has 0 unspecified atom stereocenters. The average Bonchev–Trinajstić information content (AvgIpc) is 2.14. The average molecular weight is 236 g/mol. The summed E-state index contributed by atoms with van der Waals surface area (Å²) in [5.41, 5.74) is 0. The third kappa shape index (κ3) is 5.11. The Balaban J connectivity index is 4.41. The minimum atomic E-state index is -3.34. The van der Waals surface area contributed by atoms with Crippen LogP contribution in [-0.4, -0.2) is 25.8 Å². The summed E-state index contributed by atoms with van der Waals surface area (Å²) in [7, 11) is -3.34. The third-order valence-electron chi connectivity index (χ3n) is 1.43. The van der Waals surface area contributed by atoms with E-state index in [1.807, 2.05) is 0 Å². The first-order chi connectivity index (χ1) is 6.96. The summed E-state index contributed by atoms with van der Waals surface area (Å²) in [5.74, 6) is -0.462. The molecule has 0 N–H and O–H groups in total. The van der Waals surface area contributed by atoms with Gasteiger partial charge in [0.1, 0.15) is 6.61 Å². The van der Waals surface area contributed by atoms with Crippen molar-refractivity contribution in [2.24, 2.45) is 0 Å². The number of carbonyl (C=O) groups is 1. The van der Waals surface area contributed by atoms with Crippen LogP contribution in [0.1, 0.15) is 20.8 Å². The van der Waals surface area contributed by atoms with E-state index < -0.39 is 13.6 Å². The van der Waals surface area contributed by atoms with Gasteiger partial charge in [0, 0.05) is 6.92 Å². The van der Waals surface area contributed by atoms with E-state index in [1.54, 1.807) is 13.8 Å². The van der Waals surface area contributed by atoms with E-state index in [9.17, 15) is 9.36 Å². The van der Waals surface area contributed by atoms with Gasteiger partial charge < -0.3 is 13.8 Å². The van der Waals surface area contributed by atoms with Crippen LogP contribution in [0.2, 0.25) is 0 Å². The van der Waals surface area contributed by atoms with Gasteiger partial charge in [-0.2, -0.15) is 0 Å². The van der Waals surface area contributed by atoms with Gasteiger partial charge in [-0.25, -0.2) is 0 Å². The quantitative estimate of drug-likeness (QED) is 0.501. The van der Waals surface area contributed by atoms with Crippen LogP contribution in [0.15, 0.2) is 11.9 Å². The molecule has 0 aliphatic rings. The van der Waals surface area contributed by atoms with Crippen molar-refractivity contribution in [1.82, 2.24) is 0 Å². The zero-order chi connectivity index (χ0) is 11.9. The third-order valence-corrected chi connectivity index (χ3v) is 3.53. The molecule has 0 rings (SSSR count). The summed E-state index contributed by atoms with van der Waals surface area (Å²) in [6.07, 6.45) is 0. The molecule has 0 atom stereocenters.